The van der Waals surface area contributed by atoms with Crippen molar-refractivity contribution in [2.75, 3.05) is 10.8 Å². The molecule has 0 saturated heterocycles. The predicted molar refractivity (Wildman–Crippen MR) is 55.3 cm³/mol. The summed E-state index contributed by atoms with van der Waals surface area (Å²) in [5, 5.41) is 0. The van der Waals surface area contributed by atoms with E-state index in [4.69, 9.17) is 0 Å². The molecule has 0 radical (unpaired) electrons. The van der Waals surface area contributed by atoms with Crippen molar-refractivity contribution in [3.63, 3.8) is 0 Å². The number of para-hydroxylation sites is 1. The second-order valence-corrected chi connectivity index (χ2v) is 3.38. The molecule has 1 aromatic carbocycles. The molecule has 1 aromatic rings. The van der Waals surface area contributed by atoms with Crippen LogP contribution in [0.15, 0.2) is 35.3 Å². The Bertz CT molecular complexity index is 337. The standard InChI is InChI=1S/C9H8N2OS/c12-9-10-6-13-7-11(9)8-4-2-1-3-5-8/h1-6H,7H2. The number of benzene rings is 1. The molecule has 0 fully saturated rings. The first-order valence-corrected chi connectivity index (χ1v) is 4.93. The minimum Gasteiger partial charge on any atom is -0.282 e. The fourth-order valence-corrected chi connectivity index (χ4v) is 1.75. The van der Waals surface area contributed by atoms with Crippen molar-refractivity contribution < 1.29 is 4.79 Å². The van der Waals surface area contributed by atoms with Crippen molar-refractivity contribution in [2.24, 2.45) is 4.99 Å². The Morgan fingerprint density at radius 1 is 1.31 bits per heavy atom. The van der Waals surface area contributed by atoms with E-state index in [-0.39, 0.29) is 6.03 Å². The molecule has 0 unspecified atom stereocenters. The third-order valence-corrected chi connectivity index (χ3v) is 2.40. The molecule has 0 N–H and O–H groups in total. The van der Waals surface area contributed by atoms with Crippen molar-refractivity contribution >= 4 is 29.0 Å². The van der Waals surface area contributed by atoms with E-state index in [0.717, 1.165) is 5.69 Å². The summed E-state index contributed by atoms with van der Waals surface area (Å²) in [6, 6.07) is 9.36. The smallest absolute Gasteiger partial charge is 0.282 e. The highest BCUT2D eigenvalue weighted by Crippen LogP contribution is 2.19. The molecule has 1 aliphatic rings. The number of aliphatic imine (C=N–C) groups is 1. The summed E-state index contributed by atoms with van der Waals surface area (Å²) in [5.74, 6) is 0.645. The number of carbonyl (C=O) groups is 1. The Hall–Kier alpha value is -1.29. The minimum atomic E-state index is -0.190. The number of urea groups is 1. The number of anilines is 1. The molecule has 0 aromatic heterocycles. The van der Waals surface area contributed by atoms with E-state index in [0.29, 0.717) is 5.88 Å². The maximum atomic E-state index is 11.3. The molecule has 13 heavy (non-hydrogen) atoms. The largest absolute Gasteiger partial charge is 0.349 e. The molecule has 2 rings (SSSR count). The highest BCUT2D eigenvalue weighted by molar-refractivity contribution is 8.12. The lowest BCUT2D eigenvalue weighted by Crippen LogP contribution is -2.30. The Morgan fingerprint density at radius 2 is 2.08 bits per heavy atom. The number of hydrogen-bond acceptors (Lipinski definition) is 2. The molecule has 2 amide bonds. The Morgan fingerprint density at radius 3 is 2.77 bits per heavy atom. The average molecular weight is 192 g/mol. The fourth-order valence-electron chi connectivity index (χ4n) is 1.11. The van der Waals surface area contributed by atoms with Crippen LogP contribution in [0.3, 0.4) is 0 Å². The van der Waals surface area contributed by atoms with E-state index >= 15 is 0 Å². The number of hydrogen-bond donors (Lipinski definition) is 0. The monoisotopic (exact) mass is 192 g/mol. The van der Waals surface area contributed by atoms with Gasteiger partial charge >= 0.3 is 6.03 Å². The van der Waals surface area contributed by atoms with Crippen molar-refractivity contribution in [1.82, 2.24) is 0 Å². The third kappa shape index (κ3) is 1.72. The molecule has 1 aliphatic heterocycles. The zero-order chi connectivity index (χ0) is 9.10. The van der Waals surface area contributed by atoms with Crippen LogP contribution >= 0.6 is 11.8 Å². The van der Waals surface area contributed by atoms with E-state index in [1.165, 1.54) is 11.8 Å². The number of carbonyl (C=O) groups excluding carboxylic acids is 1. The van der Waals surface area contributed by atoms with Crippen LogP contribution in [0.4, 0.5) is 10.5 Å². The van der Waals surface area contributed by atoms with Crippen LogP contribution in [-0.2, 0) is 0 Å². The van der Waals surface area contributed by atoms with Gasteiger partial charge in [-0.2, -0.15) is 4.99 Å². The molecule has 0 bridgehead atoms. The van der Waals surface area contributed by atoms with Gasteiger partial charge in [0.2, 0.25) is 0 Å². The van der Waals surface area contributed by atoms with E-state index in [9.17, 15) is 4.79 Å². The van der Waals surface area contributed by atoms with Gasteiger partial charge in [-0.05, 0) is 12.1 Å². The Labute approximate surface area is 80.5 Å². The van der Waals surface area contributed by atoms with E-state index < -0.39 is 0 Å². The van der Waals surface area contributed by atoms with Gasteiger partial charge in [-0.25, -0.2) is 4.79 Å². The van der Waals surface area contributed by atoms with Crippen LogP contribution < -0.4 is 4.90 Å². The zero-order valence-electron chi connectivity index (χ0n) is 6.88. The van der Waals surface area contributed by atoms with Gasteiger partial charge in [0.05, 0.1) is 11.4 Å². The average Bonchev–Trinajstić information content (AvgIpc) is 2.20. The lowest BCUT2D eigenvalue weighted by atomic mass is 10.3. The number of rotatable bonds is 1. The predicted octanol–water partition coefficient (Wildman–Crippen LogP) is 2.35. The van der Waals surface area contributed by atoms with Gasteiger partial charge in [0.1, 0.15) is 0 Å². The van der Waals surface area contributed by atoms with Crippen LogP contribution in [-0.4, -0.2) is 17.5 Å². The van der Waals surface area contributed by atoms with Crippen LogP contribution in [0, 0.1) is 0 Å². The molecule has 66 valence electrons. The van der Waals surface area contributed by atoms with Crippen molar-refractivity contribution in [3.05, 3.63) is 30.3 Å². The highest BCUT2D eigenvalue weighted by atomic mass is 32.2. The van der Waals surface area contributed by atoms with E-state index in [1.807, 2.05) is 30.3 Å². The van der Waals surface area contributed by atoms with Gasteiger partial charge in [-0.1, -0.05) is 30.0 Å². The van der Waals surface area contributed by atoms with E-state index in [1.54, 1.807) is 10.4 Å². The summed E-state index contributed by atoms with van der Waals surface area (Å²) < 4.78 is 0. The minimum absolute atomic E-state index is 0.190. The summed E-state index contributed by atoms with van der Waals surface area (Å²) in [6.07, 6.45) is 0. The molecule has 4 heteroatoms. The van der Waals surface area contributed by atoms with E-state index in [2.05, 4.69) is 4.99 Å². The second-order valence-electron chi connectivity index (χ2n) is 2.58. The lowest BCUT2D eigenvalue weighted by molar-refractivity contribution is 0.255. The summed E-state index contributed by atoms with van der Waals surface area (Å²) in [5.41, 5.74) is 2.48. The summed E-state index contributed by atoms with van der Waals surface area (Å²) in [4.78, 5) is 16.7. The first kappa shape index (κ1) is 8.31. The SMILES string of the molecule is O=C1N=CSCN1c1ccccc1. The maximum absolute atomic E-state index is 11.3. The first-order chi connectivity index (χ1) is 6.38. The van der Waals surface area contributed by atoms with Crippen LogP contribution in [0.5, 0.6) is 0 Å². The summed E-state index contributed by atoms with van der Waals surface area (Å²) in [6.45, 7) is 0. The van der Waals surface area contributed by atoms with Gasteiger partial charge in [-0.15, -0.1) is 0 Å². The number of nitrogens with zero attached hydrogens (tertiary/aromatic N) is 2. The van der Waals surface area contributed by atoms with Gasteiger partial charge in [0.15, 0.2) is 0 Å². The summed E-state index contributed by atoms with van der Waals surface area (Å²) >= 11 is 1.52. The van der Waals surface area contributed by atoms with Crippen LogP contribution in [0.2, 0.25) is 0 Å². The molecule has 3 nitrogen and oxygen atoms in total. The van der Waals surface area contributed by atoms with Crippen LogP contribution in [0.25, 0.3) is 0 Å². The normalized spacial score (nSPS) is 16.3. The molecular formula is C9H8N2OS. The molecule has 0 spiro atoms. The molecule has 0 saturated carbocycles. The molecule has 0 aliphatic carbocycles. The first-order valence-electron chi connectivity index (χ1n) is 3.88. The van der Waals surface area contributed by atoms with Crippen molar-refractivity contribution in [3.8, 4) is 0 Å². The number of amides is 2. The fraction of sp³-hybridized carbons (Fsp3) is 0.111. The Balaban J connectivity index is 2.27. The summed E-state index contributed by atoms with van der Waals surface area (Å²) in [7, 11) is 0. The molecular weight excluding hydrogens is 184 g/mol. The number of thioether (sulfide) groups is 1. The van der Waals surface area contributed by atoms with Gasteiger partial charge in [-0.3, -0.25) is 4.90 Å². The lowest BCUT2D eigenvalue weighted by Gasteiger charge is -2.21. The molecule has 1 heterocycles. The van der Waals surface area contributed by atoms with Gasteiger partial charge in [0.25, 0.3) is 0 Å². The van der Waals surface area contributed by atoms with Crippen molar-refractivity contribution in [2.45, 2.75) is 0 Å². The topological polar surface area (TPSA) is 32.7 Å². The quantitative estimate of drug-likeness (QED) is 0.684. The maximum Gasteiger partial charge on any atom is 0.349 e. The zero-order valence-corrected chi connectivity index (χ0v) is 7.70. The Kier molecular flexibility index (Phi) is 2.31. The van der Waals surface area contributed by atoms with Gasteiger partial charge in [0, 0.05) is 5.69 Å². The van der Waals surface area contributed by atoms with Crippen molar-refractivity contribution in [1.29, 1.82) is 0 Å². The van der Waals surface area contributed by atoms with Crippen LogP contribution in [0.1, 0.15) is 0 Å². The highest BCUT2D eigenvalue weighted by Gasteiger charge is 2.16. The molecule has 0 atom stereocenters. The third-order valence-electron chi connectivity index (χ3n) is 1.74. The second kappa shape index (κ2) is 3.62. The van der Waals surface area contributed by atoms with Gasteiger partial charge < -0.3 is 0 Å².